The molecule has 5 nitrogen and oxygen atoms in total. The summed E-state index contributed by atoms with van der Waals surface area (Å²) in [6.07, 6.45) is 11.1. The molecule has 2 aromatic heterocycles. The molecule has 0 atom stereocenters. The van der Waals surface area contributed by atoms with Gasteiger partial charge in [-0.2, -0.15) is 5.10 Å². The average Bonchev–Trinajstić information content (AvgIpc) is 3.03. The molecule has 21 heavy (non-hydrogen) atoms. The fourth-order valence-electron chi connectivity index (χ4n) is 2.75. The number of aryl methyl sites for hydroxylation is 1. The first-order valence-electron chi connectivity index (χ1n) is 7.66. The molecular formula is C16H22N4O. The molecule has 1 saturated heterocycles. The minimum Gasteiger partial charge on any atom is -0.490 e. The maximum absolute atomic E-state index is 5.99. The molecule has 1 fully saturated rings. The van der Waals surface area contributed by atoms with Gasteiger partial charge in [0, 0.05) is 44.4 Å². The van der Waals surface area contributed by atoms with Gasteiger partial charge in [0.25, 0.3) is 0 Å². The number of hydrogen-bond acceptors (Lipinski definition) is 4. The zero-order chi connectivity index (χ0) is 14.3. The minimum absolute atomic E-state index is 0.342. The Morgan fingerprint density at radius 2 is 1.90 bits per heavy atom. The van der Waals surface area contributed by atoms with Crippen LogP contribution in [0.4, 0.5) is 0 Å². The Labute approximate surface area is 125 Å². The lowest BCUT2D eigenvalue weighted by molar-refractivity contribution is 0.0990. The number of ether oxygens (including phenoxy) is 1. The fraction of sp³-hybridized carbons (Fsp3) is 0.500. The van der Waals surface area contributed by atoms with E-state index >= 15 is 0 Å². The summed E-state index contributed by atoms with van der Waals surface area (Å²) in [6, 6.07) is 5.83. The number of nitrogens with zero attached hydrogens (tertiary/aromatic N) is 4. The summed E-state index contributed by atoms with van der Waals surface area (Å²) in [5, 5.41) is 4.23. The third-order valence-electron chi connectivity index (χ3n) is 3.91. The summed E-state index contributed by atoms with van der Waals surface area (Å²) in [4.78, 5) is 6.53. The van der Waals surface area contributed by atoms with Crippen molar-refractivity contribution in [3.8, 4) is 5.75 Å². The largest absolute Gasteiger partial charge is 0.490 e. The predicted octanol–water partition coefficient (Wildman–Crippen LogP) is 2.21. The quantitative estimate of drug-likeness (QED) is 0.816. The Balaban J connectivity index is 1.35. The van der Waals surface area contributed by atoms with Crippen LogP contribution in [-0.2, 0) is 6.54 Å². The zero-order valence-electron chi connectivity index (χ0n) is 12.3. The first kappa shape index (κ1) is 14.1. The molecule has 112 valence electrons. The van der Waals surface area contributed by atoms with E-state index in [4.69, 9.17) is 4.74 Å². The van der Waals surface area contributed by atoms with E-state index in [0.717, 1.165) is 51.2 Å². The fourth-order valence-corrected chi connectivity index (χ4v) is 2.75. The van der Waals surface area contributed by atoms with Gasteiger partial charge in [0.2, 0.25) is 0 Å². The monoisotopic (exact) mass is 286 g/mol. The van der Waals surface area contributed by atoms with Crippen LogP contribution >= 0.6 is 0 Å². The highest BCUT2D eigenvalue weighted by molar-refractivity contribution is 5.17. The van der Waals surface area contributed by atoms with Gasteiger partial charge in [-0.3, -0.25) is 9.67 Å². The van der Waals surface area contributed by atoms with Gasteiger partial charge in [0.1, 0.15) is 11.9 Å². The molecule has 1 aliphatic heterocycles. The molecule has 2 aromatic rings. The third-order valence-corrected chi connectivity index (χ3v) is 3.91. The molecule has 0 radical (unpaired) electrons. The van der Waals surface area contributed by atoms with Gasteiger partial charge in [-0.25, -0.2) is 0 Å². The molecule has 3 heterocycles. The number of rotatable bonds is 6. The van der Waals surface area contributed by atoms with Crippen molar-refractivity contribution in [2.24, 2.45) is 0 Å². The summed E-state index contributed by atoms with van der Waals surface area (Å²) in [6.45, 7) is 4.38. The maximum atomic E-state index is 5.99. The normalized spacial score (nSPS) is 17.0. The molecular weight excluding hydrogens is 264 g/mol. The lowest BCUT2D eigenvalue weighted by atomic mass is 10.1. The highest BCUT2D eigenvalue weighted by atomic mass is 16.5. The highest BCUT2D eigenvalue weighted by Gasteiger charge is 2.20. The Bertz CT molecular complexity index is 506. The van der Waals surface area contributed by atoms with Gasteiger partial charge in [-0.05, 0) is 44.0 Å². The van der Waals surface area contributed by atoms with Gasteiger partial charge in [0.15, 0.2) is 0 Å². The number of piperidine rings is 1. The van der Waals surface area contributed by atoms with E-state index in [1.54, 1.807) is 12.4 Å². The van der Waals surface area contributed by atoms with Crippen LogP contribution in [0.3, 0.4) is 0 Å². The van der Waals surface area contributed by atoms with E-state index in [-0.39, 0.29) is 0 Å². The van der Waals surface area contributed by atoms with E-state index in [0.29, 0.717) is 6.10 Å². The van der Waals surface area contributed by atoms with Gasteiger partial charge in [-0.1, -0.05) is 0 Å². The van der Waals surface area contributed by atoms with Crippen molar-refractivity contribution < 1.29 is 4.74 Å². The number of hydrogen-bond donors (Lipinski definition) is 0. The van der Waals surface area contributed by atoms with Gasteiger partial charge in [0.05, 0.1) is 0 Å². The van der Waals surface area contributed by atoms with E-state index in [2.05, 4.69) is 15.0 Å². The number of aromatic nitrogens is 3. The smallest absolute Gasteiger partial charge is 0.122 e. The van der Waals surface area contributed by atoms with Gasteiger partial charge < -0.3 is 9.64 Å². The Morgan fingerprint density at radius 3 is 2.62 bits per heavy atom. The first-order chi connectivity index (χ1) is 10.4. The van der Waals surface area contributed by atoms with Crippen molar-refractivity contribution in [3.05, 3.63) is 43.0 Å². The number of likely N-dealkylation sites (tertiary alicyclic amines) is 1. The Kier molecular flexibility index (Phi) is 4.84. The Hall–Kier alpha value is -1.88. The molecule has 1 aliphatic rings. The topological polar surface area (TPSA) is 43.2 Å². The third kappa shape index (κ3) is 4.29. The molecule has 0 bridgehead atoms. The second-order valence-electron chi connectivity index (χ2n) is 5.46. The Morgan fingerprint density at radius 1 is 1.10 bits per heavy atom. The molecule has 0 spiro atoms. The average molecular weight is 286 g/mol. The first-order valence-corrected chi connectivity index (χ1v) is 7.66. The van der Waals surface area contributed by atoms with Crippen molar-refractivity contribution >= 4 is 0 Å². The highest BCUT2D eigenvalue weighted by Crippen LogP contribution is 2.18. The SMILES string of the molecule is c1cnn(CCCN2CCC(Oc3ccncc3)CC2)c1. The molecule has 0 saturated carbocycles. The van der Waals surface area contributed by atoms with Crippen LogP contribution in [0.15, 0.2) is 43.0 Å². The lowest BCUT2D eigenvalue weighted by Gasteiger charge is -2.32. The predicted molar refractivity (Wildman–Crippen MR) is 81.2 cm³/mol. The summed E-state index contributed by atoms with van der Waals surface area (Å²) in [5.74, 6) is 0.933. The van der Waals surface area contributed by atoms with Crippen LogP contribution in [-0.4, -0.2) is 45.4 Å². The van der Waals surface area contributed by atoms with Crippen molar-refractivity contribution in [2.75, 3.05) is 19.6 Å². The summed E-state index contributed by atoms with van der Waals surface area (Å²) < 4.78 is 7.99. The maximum Gasteiger partial charge on any atom is 0.122 e. The molecule has 5 heteroatoms. The zero-order valence-corrected chi connectivity index (χ0v) is 12.3. The molecule has 3 rings (SSSR count). The molecule has 0 amide bonds. The van der Waals surface area contributed by atoms with Gasteiger partial charge in [-0.15, -0.1) is 0 Å². The standard InChI is InChI=1S/C16H22N4O/c1-7-18-20(11-1)12-2-10-19-13-5-16(6-14-19)21-15-3-8-17-9-4-15/h1,3-4,7-9,11,16H,2,5-6,10,12-14H2. The van der Waals surface area contributed by atoms with Crippen molar-refractivity contribution in [2.45, 2.75) is 31.9 Å². The van der Waals surface area contributed by atoms with Crippen LogP contribution in [0.25, 0.3) is 0 Å². The minimum atomic E-state index is 0.342. The van der Waals surface area contributed by atoms with E-state index in [9.17, 15) is 0 Å². The van der Waals surface area contributed by atoms with Crippen LogP contribution < -0.4 is 4.74 Å². The van der Waals surface area contributed by atoms with Crippen molar-refractivity contribution in [1.29, 1.82) is 0 Å². The van der Waals surface area contributed by atoms with E-state index in [1.165, 1.54) is 0 Å². The van der Waals surface area contributed by atoms with Crippen LogP contribution in [0.2, 0.25) is 0 Å². The van der Waals surface area contributed by atoms with Crippen LogP contribution in [0.1, 0.15) is 19.3 Å². The molecule has 0 aromatic carbocycles. The van der Waals surface area contributed by atoms with Crippen molar-refractivity contribution in [1.82, 2.24) is 19.7 Å². The van der Waals surface area contributed by atoms with Crippen LogP contribution in [0.5, 0.6) is 5.75 Å². The second kappa shape index (κ2) is 7.22. The van der Waals surface area contributed by atoms with E-state index in [1.807, 2.05) is 35.3 Å². The van der Waals surface area contributed by atoms with Crippen LogP contribution in [0, 0.1) is 0 Å². The summed E-state index contributed by atoms with van der Waals surface area (Å²) in [5.41, 5.74) is 0. The summed E-state index contributed by atoms with van der Waals surface area (Å²) in [7, 11) is 0. The molecule has 0 aliphatic carbocycles. The van der Waals surface area contributed by atoms with E-state index < -0.39 is 0 Å². The number of pyridine rings is 1. The molecule has 0 N–H and O–H groups in total. The van der Waals surface area contributed by atoms with Gasteiger partial charge >= 0.3 is 0 Å². The second-order valence-corrected chi connectivity index (χ2v) is 5.46. The lowest BCUT2D eigenvalue weighted by Crippen LogP contribution is -2.38. The molecule has 0 unspecified atom stereocenters. The summed E-state index contributed by atoms with van der Waals surface area (Å²) >= 11 is 0. The van der Waals surface area contributed by atoms with Crippen molar-refractivity contribution in [3.63, 3.8) is 0 Å².